The van der Waals surface area contributed by atoms with Crippen molar-refractivity contribution in [3.8, 4) is 5.75 Å². The lowest BCUT2D eigenvalue weighted by molar-refractivity contribution is 0.102. The summed E-state index contributed by atoms with van der Waals surface area (Å²) in [7, 11) is 0. The zero-order valence-electron chi connectivity index (χ0n) is 10.4. The largest absolute Gasteiger partial charge is 0.508 e. The average molecular weight is 255 g/mol. The maximum Gasteiger partial charge on any atom is 0.255 e. The molecule has 0 spiro atoms. The number of hydrogen-bond acceptors (Lipinski definition) is 3. The minimum Gasteiger partial charge on any atom is -0.508 e. The molecule has 0 saturated heterocycles. The molecule has 0 aliphatic heterocycles. The first-order valence-corrected chi connectivity index (χ1v) is 5.76. The summed E-state index contributed by atoms with van der Waals surface area (Å²) in [6.45, 7) is 1.75. The lowest BCUT2D eigenvalue weighted by Crippen LogP contribution is -2.13. The predicted molar refractivity (Wildman–Crippen MR) is 72.6 cm³/mol. The molecular formula is C15H13NO3. The number of aldehydes is 1. The molecule has 19 heavy (non-hydrogen) atoms. The van der Waals surface area contributed by atoms with Crippen LogP contribution in [0, 0.1) is 6.92 Å². The van der Waals surface area contributed by atoms with Crippen LogP contribution in [0.4, 0.5) is 5.69 Å². The van der Waals surface area contributed by atoms with E-state index in [1.165, 1.54) is 12.1 Å². The van der Waals surface area contributed by atoms with Crippen LogP contribution >= 0.6 is 0 Å². The van der Waals surface area contributed by atoms with Gasteiger partial charge in [-0.25, -0.2) is 0 Å². The van der Waals surface area contributed by atoms with E-state index in [9.17, 15) is 14.7 Å². The third kappa shape index (κ3) is 2.98. The van der Waals surface area contributed by atoms with E-state index in [-0.39, 0.29) is 11.7 Å². The molecule has 4 nitrogen and oxygen atoms in total. The molecule has 2 aromatic carbocycles. The van der Waals surface area contributed by atoms with Crippen LogP contribution in [-0.4, -0.2) is 17.3 Å². The van der Waals surface area contributed by atoms with Gasteiger partial charge in [0, 0.05) is 16.8 Å². The molecule has 0 aliphatic carbocycles. The molecule has 4 heteroatoms. The highest BCUT2D eigenvalue weighted by molar-refractivity contribution is 6.05. The summed E-state index contributed by atoms with van der Waals surface area (Å²) in [6, 6.07) is 11.2. The summed E-state index contributed by atoms with van der Waals surface area (Å²) in [4.78, 5) is 22.6. The average Bonchev–Trinajstić information content (AvgIpc) is 2.39. The van der Waals surface area contributed by atoms with E-state index in [2.05, 4.69) is 5.32 Å². The fraction of sp³-hybridized carbons (Fsp3) is 0.0667. The van der Waals surface area contributed by atoms with E-state index >= 15 is 0 Å². The summed E-state index contributed by atoms with van der Waals surface area (Å²) in [5.74, 6) is -0.124. The standard InChI is InChI=1S/C15H13NO3/c1-10-8-13(18)6-7-14(10)15(19)16-12-4-2-11(9-17)3-5-12/h2-9,18H,1H3,(H,16,19). The second-order valence-corrected chi connectivity index (χ2v) is 4.19. The summed E-state index contributed by atoms with van der Waals surface area (Å²) < 4.78 is 0. The summed E-state index contributed by atoms with van der Waals surface area (Å²) in [5, 5.41) is 12.0. The summed E-state index contributed by atoms with van der Waals surface area (Å²) in [6.07, 6.45) is 0.746. The molecule has 0 radical (unpaired) electrons. The number of amides is 1. The molecule has 0 atom stereocenters. The van der Waals surface area contributed by atoms with Gasteiger partial charge in [0.05, 0.1) is 0 Å². The monoisotopic (exact) mass is 255 g/mol. The maximum atomic E-state index is 12.0. The Bertz CT molecular complexity index is 618. The molecule has 2 rings (SSSR count). The van der Waals surface area contributed by atoms with Gasteiger partial charge in [0.25, 0.3) is 5.91 Å². The fourth-order valence-electron chi connectivity index (χ4n) is 1.75. The highest BCUT2D eigenvalue weighted by Gasteiger charge is 2.09. The van der Waals surface area contributed by atoms with Crippen LogP contribution in [0.25, 0.3) is 0 Å². The quantitative estimate of drug-likeness (QED) is 0.829. The maximum absolute atomic E-state index is 12.0. The Morgan fingerprint density at radius 2 is 1.84 bits per heavy atom. The van der Waals surface area contributed by atoms with Gasteiger partial charge in [0.15, 0.2) is 0 Å². The number of benzene rings is 2. The Kier molecular flexibility index (Phi) is 3.61. The van der Waals surface area contributed by atoms with Gasteiger partial charge < -0.3 is 10.4 Å². The highest BCUT2D eigenvalue weighted by Crippen LogP contribution is 2.17. The first-order valence-electron chi connectivity index (χ1n) is 5.76. The van der Waals surface area contributed by atoms with E-state index in [0.717, 1.165) is 6.29 Å². The van der Waals surface area contributed by atoms with Gasteiger partial charge in [-0.3, -0.25) is 9.59 Å². The van der Waals surface area contributed by atoms with Crippen molar-refractivity contribution >= 4 is 17.9 Å². The number of carbonyl (C=O) groups is 2. The van der Waals surface area contributed by atoms with Gasteiger partial charge in [-0.2, -0.15) is 0 Å². The van der Waals surface area contributed by atoms with Crippen LogP contribution in [0.3, 0.4) is 0 Å². The zero-order valence-corrected chi connectivity index (χ0v) is 10.4. The topological polar surface area (TPSA) is 66.4 Å². The van der Waals surface area contributed by atoms with Crippen molar-refractivity contribution in [2.75, 3.05) is 5.32 Å². The predicted octanol–water partition coefficient (Wildman–Crippen LogP) is 2.77. The van der Waals surface area contributed by atoms with Crippen molar-refractivity contribution in [3.05, 3.63) is 59.2 Å². The molecule has 1 amide bonds. The fourth-order valence-corrected chi connectivity index (χ4v) is 1.75. The first-order chi connectivity index (χ1) is 9.10. The van der Waals surface area contributed by atoms with Gasteiger partial charge in [-0.05, 0) is 55.0 Å². The number of aryl methyl sites for hydroxylation is 1. The van der Waals surface area contributed by atoms with Gasteiger partial charge in [0.1, 0.15) is 12.0 Å². The Labute approximate surface area is 110 Å². The second kappa shape index (κ2) is 5.35. The van der Waals surface area contributed by atoms with Crippen LogP contribution in [0.5, 0.6) is 5.75 Å². The van der Waals surface area contributed by atoms with Crippen molar-refractivity contribution in [2.24, 2.45) is 0 Å². The molecule has 96 valence electrons. The van der Waals surface area contributed by atoms with Gasteiger partial charge >= 0.3 is 0 Å². The molecule has 0 heterocycles. The Hall–Kier alpha value is -2.62. The molecule has 2 aromatic rings. The van der Waals surface area contributed by atoms with Crippen molar-refractivity contribution in [1.29, 1.82) is 0 Å². The number of anilines is 1. The molecule has 2 N–H and O–H groups in total. The Balaban J connectivity index is 2.18. The number of phenols is 1. The number of carbonyl (C=O) groups excluding carboxylic acids is 2. The van der Waals surface area contributed by atoms with Crippen LogP contribution in [0.1, 0.15) is 26.3 Å². The molecule has 0 saturated carbocycles. The number of phenolic OH excluding ortho intramolecular Hbond substituents is 1. The van der Waals surface area contributed by atoms with E-state index in [0.29, 0.717) is 22.4 Å². The molecular weight excluding hydrogens is 242 g/mol. The molecule has 0 bridgehead atoms. The van der Waals surface area contributed by atoms with Crippen LogP contribution in [0.2, 0.25) is 0 Å². The third-order valence-corrected chi connectivity index (χ3v) is 2.76. The third-order valence-electron chi connectivity index (χ3n) is 2.76. The van der Waals surface area contributed by atoms with E-state index in [1.807, 2.05) is 0 Å². The number of aromatic hydroxyl groups is 1. The van der Waals surface area contributed by atoms with Crippen LogP contribution in [-0.2, 0) is 0 Å². The Morgan fingerprint density at radius 1 is 1.16 bits per heavy atom. The first kappa shape index (κ1) is 12.8. The number of nitrogens with one attached hydrogen (secondary N) is 1. The van der Waals surface area contributed by atoms with Gasteiger partial charge in [0.2, 0.25) is 0 Å². The van der Waals surface area contributed by atoms with Crippen LogP contribution < -0.4 is 5.32 Å². The van der Waals surface area contributed by atoms with Crippen molar-refractivity contribution in [3.63, 3.8) is 0 Å². The minimum absolute atomic E-state index is 0.129. The van der Waals surface area contributed by atoms with Crippen LogP contribution in [0.15, 0.2) is 42.5 Å². The van der Waals surface area contributed by atoms with Gasteiger partial charge in [-0.15, -0.1) is 0 Å². The molecule has 0 aliphatic rings. The Morgan fingerprint density at radius 3 is 2.42 bits per heavy atom. The second-order valence-electron chi connectivity index (χ2n) is 4.19. The molecule has 0 fully saturated rings. The van der Waals surface area contributed by atoms with E-state index < -0.39 is 0 Å². The van der Waals surface area contributed by atoms with E-state index in [4.69, 9.17) is 0 Å². The van der Waals surface area contributed by atoms with Crippen molar-refractivity contribution in [1.82, 2.24) is 0 Å². The lowest BCUT2D eigenvalue weighted by atomic mass is 10.1. The molecule has 0 aromatic heterocycles. The minimum atomic E-state index is -0.253. The SMILES string of the molecule is Cc1cc(O)ccc1C(=O)Nc1ccc(C=O)cc1. The smallest absolute Gasteiger partial charge is 0.255 e. The summed E-state index contributed by atoms with van der Waals surface area (Å²) in [5.41, 5.74) is 2.36. The highest BCUT2D eigenvalue weighted by atomic mass is 16.3. The number of hydrogen-bond donors (Lipinski definition) is 2. The van der Waals surface area contributed by atoms with Crippen molar-refractivity contribution < 1.29 is 14.7 Å². The summed E-state index contributed by atoms with van der Waals surface area (Å²) >= 11 is 0. The van der Waals surface area contributed by atoms with Crippen molar-refractivity contribution in [2.45, 2.75) is 6.92 Å². The number of rotatable bonds is 3. The van der Waals surface area contributed by atoms with E-state index in [1.54, 1.807) is 37.3 Å². The van der Waals surface area contributed by atoms with Gasteiger partial charge in [-0.1, -0.05) is 0 Å². The normalized spacial score (nSPS) is 9.95. The zero-order chi connectivity index (χ0) is 13.8. The lowest BCUT2D eigenvalue weighted by Gasteiger charge is -2.08. The molecule has 0 unspecified atom stereocenters.